The van der Waals surface area contributed by atoms with Gasteiger partial charge >= 0.3 is 0 Å². The Hall–Kier alpha value is -3.24. The molecule has 0 saturated carbocycles. The summed E-state index contributed by atoms with van der Waals surface area (Å²) >= 11 is 1.05. The lowest BCUT2D eigenvalue weighted by Crippen LogP contribution is -2.50. The molecule has 0 radical (unpaired) electrons. The molecule has 1 amide bonds. The van der Waals surface area contributed by atoms with Crippen LogP contribution in [0.15, 0.2) is 58.6 Å². The van der Waals surface area contributed by atoms with E-state index in [4.69, 9.17) is 11.5 Å². The molecule has 4 N–H and O–H groups in total. The normalized spacial score (nSPS) is 21.2. The van der Waals surface area contributed by atoms with Gasteiger partial charge in [-0.25, -0.2) is 9.97 Å². The third-order valence-corrected chi connectivity index (χ3v) is 9.11. The molecule has 0 unspecified atom stereocenters. The number of nitrogens with two attached hydrogens (primary N) is 2. The van der Waals surface area contributed by atoms with Gasteiger partial charge in [-0.1, -0.05) is 42.1 Å². The molecular weight excluding hydrogens is 494 g/mol. The van der Waals surface area contributed by atoms with Crippen molar-refractivity contribution in [3.63, 3.8) is 0 Å². The average Bonchev–Trinajstić information content (AvgIpc) is 3.32. The minimum absolute atomic E-state index is 0.0193. The van der Waals surface area contributed by atoms with Gasteiger partial charge in [0, 0.05) is 36.4 Å². The number of hydrogen-bond donors (Lipinski definition) is 2. The fraction of sp³-hybridized carbons (Fsp3) is 0.370. The molecule has 3 heterocycles. The van der Waals surface area contributed by atoms with Crippen LogP contribution in [0.4, 0.5) is 26.1 Å². The Labute approximate surface area is 218 Å². The summed E-state index contributed by atoms with van der Waals surface area (Å²) in [5.41, 5.74) is 15.7. The lowest BCUT2D eigenvalue weighted by molar-refractivity contribution is -0.117. The van der Waals surface area contributed by atoms with E-state index in [0.29, 0.717) is 15.7 Å². The summed E-state index contributed by atoms with van der Waals surface area (Å²) < 4.78 is 29.7. The number of carbonyl (C=O) groups is 1. The SMILES string of the molecule is CC(=O)N1CC(F)(F)c2c(Sc3ncc(N4CCC5(CC4)c4ccccc4C[C@H]5N)nc3N)cccc21. The largest absolute Gasteiger partial charge is 0.381 e. The van der Waals surface area contributed by atoms with E-state index in [1.807, 2.05) is 0 Å². The van der Waals surface area contributed by atoms with E-state index in [9.17, 15) is 13.6 Å². The Kier molecular flexibility index (Phi) is 5.65. The summed E-state index contributed by atoms with van der Waals surface area (Å²) in [7, 11) is 0. The van der Waals surface area contributed by atoms with Crippen LogP contribution in [0.5, 0.6) is 0 Å². The number of alkyl halides is 2. The zero-order chi connectivity index (χ0) is 25.9. The minimum atomic E-state index is -3.16. The van der Waals surface area contributed by atoms with Crippen LogP contribution in [0.1, 0.15) is 36.5 Å². The molecule has 3 aromatic rings. The molecule has 1 saturated heterocycles. The van der Waals surface area contributed by atoms with Crippen molar-refractivity contribution < 1.29 is 13.6 Å². The second-order valence-corrected chi connectivity index (χ2v) is 11.1. The molecule has 192 valence electrons. The first-order valence-electron chi connectivity index (χ1n) is 12.4. The van der Waals surface area contributed by atoms with Crippen LogP contribution in [0.3, 0.4) is 0 Å². The molecule has 2 aromatic carbocycles. The molecule has 1 spiro atoms. The number of halogens is 2. The fourth-order valence-corrected chi connectivity index (χ4v) is 7.12. The van der Waals surface area contributed by atoms with E-state index >= 15 is 0 Å². The van der Waals surface area contributed by atoms with Gasteiger partial charge in [-0.05, 0) is 42.5 Å². The van der Waals surface area contributed by atoms with Gasteiger partial charge in [0.2, 0.25) is 5.91 Å². The molecule has 1 aliphatic carbocycles. The highest BCUT2D eigenvalue weighted by Crippen LogP contribution is 2.50. The molecule has 1 atom stereocenters. The standard InChI is InChI=1S/C27H28F2N6OS/c1-16(36)35-15-27(28,29)23-19(35)7-4-8-20(23)37-25-24(31)33-22(14-32-25)34-11-9-26(10-12-34)18-6-3-2-5-17(18)13-21(26)30/h2-8,14,21H,9-13,15,30H2,1H3,(H2,31,33)/t21-/m1/s1. The zero-order valence-electron chi connectivity index (χ0n) is 20.5. The molecule has 0 bridgehead atoms. The van der Waals surface area contributed by atoms with Crippen molar-refractivity contribution in [2.24, 2.45) is 5.73 Å². The summed E-state index contributed by atoms with van der Waals surface area (Å²) in [6.45, 7) is 2.18. The van der Waals surface area contributed by atoms with Crippen LogP contribution in [-0.2, 0) is 22.6 Å². The number of rotatable bonds is 3. The number of nitrogen functional groups attached to an aromatic ring is 1. The fourth-order valence-electron chi connectivity index (χ4n) is 6.15. The number of nitrogens with zero attached hydrogens (tertiary/aromatic N) is 4. The molecule has 10 heteroatoms. The first kappa shape index (κ1) is 24.1. The van der Waals surface area contributed by atoms with Crippen molar-refractivity contribution in [1.29, 1.82) is 0 Å². The minimum Gasteiger partial charge on any atom is -0.381 e. The number of anilines is 3. The van der Waals surface area contributed by atoms with E-state index in [2.05, 4.69) is 39.1 Å². The molecule has 37 heavy (non-hydrogen) atoms. The highest BCUT2D eigenvalue weighted by atomic mass is 32.2. The van der Waals surface area contributed by atoms with Crippen molar-refractivity contribution in [1.82, 2.24) is 9.97 Å². The predicted octanol–water partition coefficient (Wildman–Crippen LogP) is 4.09. The van der Waals surface area contributed by atoms with Gasteiger partial charge in [-0.3, -0.25) is 4.79 Å². The molecule has 6 rings (SSSR count). The van der Waals surface area contributed by atoms with Crippen LogP contribution >= 0.6 is 11.8 Å². The van der Waals surface area contributed by atoms with Crippen LogP contribution in [-0.4, -0.2) is 41.6 Å². The number of hydrogen-bond acceptors (Lipinski definition) is 7. The third kappa shape index (κ3) is 3.85. The van der Waals surface area contributed by atoms with E-state index in [0.717, 1.165) is 49.0 Å². The van der Waals surface area contributed by atoms with Gasteiger partial charge in [-0.2, -0.15) is 8.78 Å². The Morgan fingerprint density at radius 2 is 1.89 bits per heavy atom. The maximum absolute atomic E-state index is 14.9. The molecule has 1 aromatic heterocycles. The second-order valence-electron chi connectivity index (χ2n) is 10.1. The van der Waals surface area contributed by atoms with Crippen molar-refractivity contribution >= 4 is 35.0 Å². The van der Waals surface area contributed by atoms with Crippen LogP contribution in [0, 0.1) is 0 Å². The van der Waals surface area contributed by atoms with Crippen LogP contribution in [0.25, 0.3) is 0 Å². The molecule has 1 fully saturated rings. The number of amides is 1. The van der Waals surface area contributed by atoms with E-state index < -0.39 is 18.4 Å². The highest BCUT2D eigenvalue weighted by molar-refractivity contribution is 7.99. The Bertz CT molecular complexity index is 1390. The van der Waals surface area contributed by atoms with Crippen LogP contribution < -0.4 is 21.3 Å². The first-order valence-corrected chi connectivity index (χ1v) is 13.2. The predicted molar refractivity (Wildman–Crippen MR) is 140 cm³/mol. The highest BCUT2D eigenvalue weighted by Gasteiger charge is 2.48. The van der Waals surface area contributed by atoms with Crippen molar-refractivity contribution in [2.45, 2.75) is 53.5 Å². The van der Waals surface area contributed by atoms with Gasteiger partial charge in [0.1, 0.15) is 10.8 Å². The molecular formula is C27H28F2N6OS. The number of benzene rings is 2. The van der Waals surface area contributed by atoms with Gasteiger partial charge < -0.3 is 21.3 Å². The summed E-state index contributed by atoms with van der Waals surface area (Å²) in [4.78, 5) is 24.6. The third-order valence-electron chi connectivity index (χ3n) is 8.04. The molecule has 2 aliphatic heterocycles. The molecule has 7 nitrogen and oxygen atoms in total. The maximum Gasteiger partial charge on any atom is 0.293 e. The lowest BCUT2D eigenvalue weighted by Gasteiger charge is -2.43. The van der Waals surface area contributed by atoms with E-state index in [-0.39, 0.29) is 28.5 Å². The van der Waals surface area contributed by atoms with Gasteiger partial charge in [-0.15, -0.1) is 0 Å². The quantitative estimate of drug-likeness (QED) is 0.534. The van der Waals surface area contributed by atoms with Crippen molar-refractivity contribution in [3.8, 4) is 0 Å². The smallest absolute Gasteiger partial charge is 0.293 e. The summed E-state index contributed by atoms with van der Waals surface area (Å²) in [6, 6.07) is 13.4. The average molecular weight is 523 g/mol. The lowest BCUT2D eigenvalue weighted by atomic mass is 9.71. The van der Waals surface area contributed by atoms with Crippen LogP contribution in [0.2, 0.25) is 0 Å². The van der Waals surface area contributed by atoms with Crippen molar-refractivity contribution in [2.75, 3.05) is 35.2 Å². The second kappa shape index (κ2) is 8.66. The number of carbonyl (C=O) groups excluding carboxylic acids is 1. The zero-order valence-corrected chi connectivity index (χ0v) is 21.3. The molecule has 3 aliphatic rings. The maximum atomic E-state index is 14.9. The number of piperidine rings is 1. The van der Waals surface area contributed by atoms with Gasteiger partial charge in [0.05, 0.1) is 24.0 Å². The monoisotopic (exact) mass is 522 g/mol. The van der Waals surface area contributed by atoms with E-state index in [1.165, 1.54) is 24.1 Å². The number of aromatic nitrogens is 2. The van der Waals surface area contributed by atoms with Crippen molar-refractivity contribution in [3.05, 3.63) is 65.4 Å². The van der Waals surface area contributed by atoms with Gasteiger partial charge in [0.15, 0.2) is 5.82 Å². The topological polar surface area (TPSA) is 101 Å². The van der Waals surface area contributed by atoms with Gasteiger partial charge in [0.25, 0.3) is 5.92 Å². The summed E-state index contributed by atoms with van der Waals surface area (Å²) in [5.74, 6) is -2.72. The summed E-state index contributed by atoms with van der Waals surface area (Å²) in [5, 5.41) is 0.356. The first-order chi connectivity index (χ1) is 17.7. The number of fused-ring (bicyclic) bond motifs is 3. The summed E-state index contributed by atoms with van der Waals surface area (Å²) in [6.07, 6.45) is 4.39. The van der Waals surface area contributed by atoms with E-state index in [1.54, 1.807) is 18.3 Å². The Balaban J connectivity index is 1.21. The Morgan fingerprint density at radius 3 is 2.62 bits per heavy atom. The Morgan fingerprint density at radius 1 is 1.14 bits per heavy atom.